The molecule has 3 aliphatic carbocycles. The van der Waals surface area contributed by atoms with E-state index < -0.39 is 0 Å². The Balaban J connectivity index is 1.13. The molecule has 0 unspecified atom stereocenters. The summed E-state index contributed by atoms with van der Waals surface area (Å²) in [6, 6.07) is 43.5. The molecule has 6 aromatic carbocycles. The first-order valence-corrected chi connectivity index (χ1v) is 20.3. The molecule has 10 rings (SSSR count). The molecular weight excluding hydrogens is 667 g/mol. The zero-order valence-corrected chi connectivity index (χ0v) is 34.2. The first-order valence-electron chi connectivity index (χ1n) is 20.3. The molecule has 3 aliphatic rings. The van der Waals surface area contributed by atoms with Gasteiger partial charge in [-0.3, -0.25) is 0 Å². The standard InChI is InChI=1S/C53H53NO/c1-49(2)30-51(5,6)45-28-42-39(26-43(45)49)37-22-20-35(24-41(37)53(42,9)10)54(34-18-16-33(17-19-34)32-14-12-11-13-15-32)36-21-23-38-40-27-44-46(29-48(40)55-47(38)25-36)52(7,8)31-50(44,3)4/h11-29H,30-31H2,1-10H3. The van der Waals surface area contributed by atoms with Crippen LogP contribution in [0.5, 0.6) is 0 Å². The fourth-order valence-electron chi connectivity index (χ4n) is 11.6. The Bertz CT molecular complexity index is 2720. The molecule has 0 fully saturated rings. The Kier molecular flexibility index (Phi) is 6.90. The van der Waals surface area contributed by atoms with E-state index in [1.807, 2.05) is 0 Å². The molecule has 7 aromatic rings. The van der Waals surface area contributed by atoms with Crippen molar-refractivity contribution in [3.63, 3.8) is 0 Å². The number of rotatable bonds is 4. The minimum absolute atomic E-state index is 0.118. The molecule has 0 N–H and O–H groups in total. The molecule has 0 atom stereocenters. The van der Waals surface area contributed by atoms with E-state index >= 15 is 0 Å². The quantitative estimate of drug-likeness (QED) is 0.180. The minimum Gasteiger partial charge on any atom is -0.456 e. The van der Waals surface area contributed by atoms with Gasteiger partial charge in [-0.2, -0.15) is 0 Å². The Labute approximate surface area is 327 Å². The maximum absolute atomic E-state index is 6.77. The normalized spacial score (nSPS) is 18.9. The summed E-state index contributed by atoms with van der Waals surface area (Å²) in [5.74, 6) is 0. The van der Waals surface area contributed by atoms with E-state index in [0.717, 1.165) is 34.6 Å². The zero-order chi connectivity index (χ0) is 38.4. The molecular formula is C53H53NO. The summed E-state index contributed by atoms with van der Waals surface area (Å²) in [6.45, 7) is 24.1. The molecule has 1 heterocycles. The average Bonchev–Trinajstić information content (AvgIpc) is 3.73. The molecule has 0 amide bonds. The van der Waals surface area contributed by atoms with Crippen LogP contribution in [-0.2, 0) is 27.1 Å². The highest BCUT2D eigenvalue weighted by molar-refractivity contribution is 6.07. The third kappa shape index (κ3) is 4.99. The molecule has 0 bridgehead atoms. The van der Waals surface area contributed by atoms with Crippen molar-refractivity contribution in [3.8, 4) is 22.3 Å². The van der Waals surface area contributed by atoms with Gasteiger partial charge < -0.3 is 9.32 Å². The fourth-order valence-corrected chi connectivity index (χ4v) is 11.6. The molecule has 2 nitrogen and oxygen atoms in total. The van der Waals surface area contributed by atoms with Crippen molar-refractivity contribution in [2.45, 2.75) is 109 Å². The molecule has 1 aromatic heterocycles. The second-order valence-electron chi connectivity index (χ2n) is 20.1. The highest BCUT2D eigenvalue weighted by Gasteiger charge is 2.46. The monoisotopic (exact) mass is 719 g/mol. The number of hydrogen-bond donors (Lipinski definition) is 0. The highest BCUT2D eigenvalue weighted by atomic mass is 16.3. The average molecular weight is 720 g/mol. The Morgan fingerprint density at radius 3 is 1.58 bits per heavy atom. The lowest BCUT2D eigenvalue weighted by Gasteiger charge is -2.28. The van der Waals surface area contributed by atoms with Crippen molar-refractivity contribution < 1.29 is 4.42 Å². The minimum atomic E-state index is -0.133. The second kappa shape index (κ2) is 11.0. The van der Waals surface area contributed by atoms with Crippen LogP contribution >= 0.6 is 0 Å². The van der Waals surface area contributed by atoms with Gasteiger partial charge in [0, 0.05) is 39.3 Å². The maximum atomic E-state index is 6.77. The van der Waals surface area contributed by atoms with Crippen molar-refractivity contribution in [2.24, 2.45) is 0 Å². The molecule has 0 saturated carbocycles. The first kappa shape index (κ1) is 34.4. The molecule has 55 heavy (non-hydrogen) atoms. The summed E-state index contributed by atoms with van der Waals surface area (Å²) in [4.78, 5) is 2.42. The highest BCUT2D eigenvalue weighted by Crippen LogP contribution is 2.57. The van der Waals surface area contributed by atoms with E-state index in [-0.39, 0.29) is 27.1 Å². The van der Waals surface area contributed by atoms with Gasteiger partial charge in [0.25, 0.3) is 0 Å². The molecule has 2 heteroatoms. The second-order valence-corrected chi connectivity index (χ2v) is 20.1. The Hall–Kier alpha value is -5.08. The van der Waals surface area contributed by atoms with E-state index in [2.05, 4.69) is 189 Å². The molecule has 0 spiro atoms. The lowest BCUT2D eigenvalue weighted by Crippen LogP contribution is -2.19. The van der Waals surface area contributed by atoms with Gasteiger partial charge in [0.2, 0.25) is 0 Å². The van der Waals surface area contributed by atoms with Gasteiger partial charge in [-0.05, 0) is 145 Å². The van der Waals surface area contributed by atoms with E-state index in [9.17, 15) is 0 Å². The predicted octanol–water partition coefficient (Wildman–Crippen LogP) is 14.9. The summed E-state index contributed by atoms with van der Waals surface area (Å²) in [7, 11) is 0. The van der Waals surface area contributed by atoms with Crippen molar-refractivity contribution >= 4 is 39.0 Å². The number of fused-ring (bicyclic) bond motifs is 8. The van der Waals surface area contributed by atoms with Crippen LogP contribution in [0, 0.1) is 0 Å². The van der Waals surface area contributed by atoms with Crippen LogP contribution in [-0.4, -0.2) is 0 Å². The third-order valence-electron chi connectivity index (χ3n) is 13.8. The topological polar surface area (TPSA) is 16.4 Å². The van der Waals surface area contributed by atoms with Crippen molar-refractivity contribution in [1.82, 2.24) is 0 Å². The zero-order valence-electron chi connectivity index (χ0n) is 34.2. The summed E-state index contributed by atoms with van der Waals surface area (Å²) in [5, 5.41) is 2.38. The summed E-state index contributed by atoms with van der Waals surface area (Å²) < 4.78 is 6.77. The molecule has 0 radical (unpaired) electrons. The van der Waals surface area contributed by atoms with Crippen LogP contribution in [0.25, 0.3) is 44.2 Å². The van der Waals surface area contributed by atoms with Crippen LogP contribution in [0.15, 0.2) is 120 Å². The Morgan fingerprint density at radius 2 is 0.909 bits per heavy atom. The maximum Gasteiger partial charge on any atom is 0.137 e. The van der Waals surface area contributed by atoms with Crippen LogP contribution in [0.4, 0.5) is 17.1 Å². The van der Waals surface area contributed by atoms with Gasteiger partial charge in [0.15, 0.2) is 0 Å². The van der Waals surface area contributed by atoms with Gasteiger partial charge >= 0.3 is 0 Å². The van der Waals surface area contributed by atoms with Crippen molar-refractivity contribution in [2.75, 3.05) is 4.90 Å². The smallest absolute Gasteiger partial charge is 0.137 e. The lowest BCUT2D eigenvalue weighted by atomic mass is 9.79. The summed E-state index contributed by atoms with van der Waals surface area (Å²) in [6.07, 6.45) is 2.32. The van der Waals surface area contributed by atoms with Gasteiger partial charge in [-0.25, -0.2) is 0 Å². The number of hydrogen-bond acceptors (Lipinski definition) is 2. The molecule has 0 aliphatic heterocycles. The van der Waals surface area contributed by atoms with E-state index in [4.69, 9.17) is 4.42 Å². The van der Waals surface area contributed by atoms with E-state index in [1.165, 1.54) is 72.8 Å². The third-order valence-corrected chi connectivity index (χ3v) is 13.8. The fraction of sp³-hybridized carbons (Fsp3) is 0.321. The predicted molar refractivity (Wildman–Crippen MR) is 233 cm³/mol. The number of anilines is 3. The molecule has 276 valence electrons. The van der Waals surface area contributed by atoms with Crippen LogP contribution in [0.3, 0.4) is 0 Å². The summed E-state index contributed by atoms with van der Waals surface area (Å²) >= 11 is 0. The van der Waals surface area contributed by atoms with E-state index in [0.29, 0.717) is 0 Å². The van der Waals surface area contributed by atoms with Gasteiger partial charge in [-0.15, -0.1) is 0 Å². The first-order chi connectivity index (χ1) is 25.9. The van der Waals surface area contributed by atoms with Crippen molar-refractivity contribution in [1.29, 1.82) is 0 Å². The summed E-state index contributed by atoms with van der Waals surface area (Å²) in [5.41, 5.74) is 19.6. The lowest BCUT2D eigenvalue weighted by molar-refractivity contribution is 0.402. The van der Waals surface area contributed by atoms with Gasteiger partial charge in [0.1, 0.15) is 11.2 Å². The largest absolute Gasteiger partial charge is 0.456 e. The SMILES string of the molecule is CC1(C)CC(C)(C)c2cc3c(cc21)-c1ccc(N(c2ccc(-c4ccccc4)cc2)c2ccc4c(c2)oc2cc5c(cc24)C(C)(C)CC5(C)C)cc1C3(C)C. The van der Waals surface area contributed by atoms with Crippen molar-refractivity contribution in [3.05, 3.63) is 149 Å². The number of nitrogens with zero attached hydrogens (tertiary/aromatic N) is 1. The van der Waals surface area contributed by atoms with E-state index in [1.54, 1.807) is 0 Å². The number of furan rings is 1. The number of benzene rings is 6. The van der Waals surface area contributed by atoms with Crippen LogP contribution < -0.4 is 4.90 Å². The van der Waals surface area contributed by atoms with Crippen LogP contribution in [0.2, 0.25) is 0 Å². The Morgan fingerprint density at radius 1 is 0.400 bits per heavy atom. The molecule has 0 saturated heterocycles. The van der Waals surface area contributed by atoms with Gasteiger partial charge in [-0.1, -0.05) is 124 Å². The van der Waals surface area contributed by atoms with Crippen LogP contribution in [0.1, 0.15) is 115 Å². The van der Waals surface area contributed by atoms with Gasteiger partial charge in [0.05, 0.1) is 0 Å².